The van der Waals surface area contributed by atoms with Gasteiger partial charge in [0.05, 0.1) is 12.1 Å². The van der Waals surface area contributed by atoms with Gasteiger partial charge in [-0.15, -0.1) is 10.2 Å². The third kappa shape index (κ3) is 2.77. The summed E-state index contributed by atoms with van der Waals surface area (Å²) in [5.74, 6) is 0.958. The fourth-order valence-electron chi connectivity index (χ4n) is 2.65. The molecule has 102 valence electrons. The van der Waals surface area contributed by atoms with Crippen LogP contribution in [0.1, 0.15) is 32.5 Å². The molecule has 1 saturated heterocycles. The molecule has 3 heterocycles. The SMILES string of the molecule is CC1(C)CC(NCc2nnc3ccccn23)CCO1. The molecule has 0 aliphatic carbocycles. The monoisotopic (exact) mass is 260 g/mol. The second kappa shape index (κ2) is 4.90. The van der Waals surface area contributed by atoms with Crippen molar-refractivity contribution in [2.75, 3.05) is 6.61 Å². The average Bonchev–Trinajstić information content (AvgIpc) is 2.78. The number of rotatable bonds is 3. The molecule has 0 saturated carbocycles. The minimum Gasteiger partial charge on any atom is -0.375 e. The first-order chi connectivity index (χ1) is 9.14. The minimum atomic E-state index is -0.0250. The van der Waals surface area contributed by atoms with Gasteiger partial charge >= 0.3 is 0 Å². The van der Waals surface area contributed by atoms with Crippen LogP contribution in [-0.2, 0) is 11.3 Å². The predicted octanol–water partition coefficient (Wildman–Crippen LogP) is 1.78. The highest BCUT2D eigenvalue weighted by atomic mass is 16.5. The number of ether oxygens (including phenoxy) is 1. The number of aromatic nitrogens is 3. The Morgan fingerprint density at radius 1 is 1.42 bits per heavy atom. The standard InChI is InChI=1S/C14H20N4O/c1-14(2)9-11(6-8-19-14)15-10-13-17-16-12-5-3-4-7-18(12)13/h3-5,7,11,15H,6,8-10H2,1-2H3. The van der Waals surface area contributed by atoms with E-state index in [-0.39, 0.29) is 5.60 Å². The van der Waals surface area contributed by atoms with E-state index in [1.165, 1.54) is 0 Å². The molecule has 1 aliphatic heterocycles. The van der Waals surface area contributed by atoms with Crippen molar-refractivity contribution in [1.82, 2.24) is 19.9 Å². The van der Waals surface area contributed by atoms with Crippen LogP contribution in [0.4, 0.5) is 0 Å². The first-order valence-corrected chi connectivity index (χ1v) is 6.80. The Balaban J connectivity index is 1.66. The lowest BCUT2D eigenvalue weighted by atomic mass is 9.94. The van der Waals surface area contributed by atoms with Crippen molar-refractivity contribution in [2.45, 2.75) is 44.9 Å². The maximum absolute atomic E-state index is 5.73. The van der Waals surface area contributed by atoms with Crippen molar-refractivity contribution in [3.8, 4) is 0 Å². The molecular formula is C14H20N4O. The molecule has 1 fully saturated rings. The van der Waals surface area contributed by atoms with Crippen molar-refractivity contribution < 1.29 is 4.74 Å². The molecule has 0 amide bonds. The maximum atomic E-state index is 5.73. The number of nitrogens with one attached hydrogen (secondary N) is 1. The van der Waals surface area contributed by atoms with Gasteiger partial charge in [0.1, 0.15) is 0 Å². The van der Waals surface area contributed by atoms with Gasteiger partial charge < -0.3 is 10.1 Å². The molecule has 0 spiro atoms. The average molecular weight is 260 g/mol. The lowest BCUT2D eigenvalue weighted by molar-refractivity contribution is -0.0631. The molecule has 1 unspecified atom stereocenters. The third-order valence-corrected chi connectivity index (χ3v) is 3.63. The van der Waals surface area contributed by atoms with E-state index in [4.69, 9.17) is 4.74 Å². The molecule has 1 atom stereocenters. The van der Waals surface area contributed by atoms with Gasteiger partial charge in [-0.1, -0.05) is 6.07 Å². The van der Waals surface area contributed by atoms with Crippen LogP contribution < -0.4 is 5.32 Å². The van der Waals surface area contributed by atoms with Gasteiger partial charge in [-0.25, -0.2) is 0 Å². The molecule has 19 heavy (non-hydrogen) atoms. The Labute approximate surface area is 113 Å². The van der Waals surface area contributed by atoms with Crippen molar-refractivity contribution in [2.24, 2.45) is 0 Å². The Morgan fingerprint density at radius 3 is 3.16 bits per heavy atom. The highest BCUT2D eigenvalue weighted by Gasteiger charge is 2.28. The molecule has 0 radical (unpaired) electrons. The zero-order valence-corrected chi connectivity index (χ0v) is 11.5. The van der Waals surface area contributed by atoms with E-state index >= 15 is 0 Å². The molecular weight excluding hydrogens is 240 g/mol. The van der Waals surface area contributed by atoms with E-state index < -0.39 is 0 Å². The van der Waals surface area contributed by atoms with E-state index in [2.05, 4.69) is 29.4 Å². The van der Waals surface area contributed by atoms with Crippen LogP contribution in [0.5, 0.6) is 0 Å². The molecule has 2 aromatic heterocycles. The van der Waals surface area contributed by atoms with Crippen LogP contribution in [0.15, 0.2) is 24.4 Å². The highest BCUT2D eigenvalue weighted by Crippen LogP contribution is 2.24. The zero-order valence-electron chi connectivity index (χ0n) is 11.5. The van der Waals surface area contributed by atoms with Gasteiger partial charge in [0.15, 0.2) is 11.5 Å². The molecule has 0 aromatic carbocycles. The third-order valence-electron chi connectivity index (χ3n) is 3.63. The van der Waals surface area contributed by atoms with E-state index in [0.29, 0.717) is 6.04 Å². The smallest absolute Gasteiger partial charge is 0.160 e. The first kappa shape index (κ1) is 12.6. The molecule has 5 heteroatoms. The van der Waals surface area contributed by atoms with Crippen molar-refractivity contribution in [3.05, 3.63) is 30.2 Å². The second-order valence-corrected chi connectivity index (χ2v) is 5.72. The van der Waals surface area contributed by atoms with Crippen LogP contribution in [-0.4, -0.2) is 32.8 Å². The zero-order chi connectivity index (χ0) is 13.3. The highest BCUT2D eigenvalue weighted by molar-refractivity contribution is 5.36. The fraction of sp³-hybridized carbons (Fsp3) is 0.571. The summed E-state index contributed by atoms with van der Waals surface area (Å²) in [5, 5.41) is 12.0. The van der Waals surface area contributed by atoms with Crippen LogP contribution in [0.3, 0.4) is 0 Å². The summed E-state index contributed by atoms with van der Waals surface area (Å²) in [4.78, 5) is 0. The lowest BCUT2D eigenvalue weighted by Crippen LogP contribution is -2.43. The van der Waals surface area contributed by atoms with Gasteiger partial charge in [-0.2, -0.15) is 0 Å². The molecule has 1 aliphatic rings. The second-order valence-electron chi connectivity index (χ2n) is 5.72. The lowest BCUT2D eigenvalue weighted by Gasteiger charge is -2.35. The van der Waals surface area contributed by atoms with Crippen LogP contribution in [0, 0.1) is 0 Å². The summed E-state index contributed by atoms with van der Waals surface area (Å²) >= 11 is 0. The number of hydrogen-bond acceptors (Lipinski definition) is 4. The van der Waals surface area contributed by atoms with Gasteiger partial charge in [0.2, 0.25) is 0 Å². The Hall–Kier alpha value is -1.46. The first-order valence-electron chi connectivity index (χ1n) is 6.80. The van der Waals surface area contributed by atoms with E-state index in [1.54, 1.807) is 0 Å². The summed E-state index contributed by atoms with van der Waals surface area (Å²) in [7, 11) is 0. The number of nitrogens with zero attached hydrogens (tertiary/aromatic N) is 3. The van der Waals surface area contributed by atoms with Gasteiger partial charge in [0.25, 0.3) is 0 Å². The normalized spacial score (nSPS) is 22.7. The van der Waals surface area contributed by atoms with Gasteiger partial charge in [-0.05, 0) is 38.8 Å². The Kier molecular flexibility index (Phi) is 3.24. The summed E-state index contributed by atoms with van der Waals surface area (Å²) < 4.78 is 7.75. The summed E-state index contributed by atoms with van der Waals surface area (Å²) in [6.45, 7) is 5.86. The largest absolute Gasteiger partial charge is 0.375 e. The van der Waals surface area contributed by atoms with Crippen LogP contribution >= 0.6 is 0 Å². The van der Waals surface area contributed by atoms with Gasteiger partial charge in [0, 0.05) is 18.8 Å². The number of hydrogen-bond donors (Lipinski definition) is 1. The molecule has 5 nitrogen and oxygen atoms in total. The minimum absolute atomic E-state index is 0.0250. The molecule has 1 N–H and O–H groups in total. The van der Waals surface area contributed by atoms with E-state index in [1.807, 2.05) is 28.8 Å². The van der Waals surface area contributed by atoms with E-state index in [0.717, 1.165) is 37.5 Å². The fourth-order valence-corrected chi connectivity index (χ4v) is 2.65. The number of fused-ring (bicyclic) bond motifs is 1. The Bertz CT molecular complexity index is 563. The quantitative estimate of drug-likeness (QED) is 0.914. The molecule has 2 aromatic rings. The maximum Gasteiger partial charge on any atom is 0.160 e. The van der Waals surface area contributed by atoms with Gasteiger partial charge in [-0.3, -0.25) is 4.40 Å². The number of pyridine rings is 1. The van der Waals surface area contributed by atoms with Crippen molar-refractivity contribution >= 4 is 5.65 Å². The topological polar surface area (TPSA) is 51.5 Å². The van der Waals surface area contributed by atoms with Crippen molar-refractivity contribution in [1.29, 1.82) is 0 Å². The summed E-state index contributed by atoms with van der Waals surface area (Å²) in [6, 6.07) is 6.42. The van der Waals surface area contributed by atoms with Crippen LogP contribution in [0.25, 0.3) is 5.65 Å². The van der Waals surface area contributed by atoms with E-state index in [9.17, 15) is 0 Å². The summed E-state index contributed by atoms with van der Waals surface area (Å²) in [5.41, 5.74) is 0.870. The predicted molar refractivity (Wildman–Crippen MR) is 72.9 cm³/mol. The van der Waals surface area contributed by atoms with Crippen LogP contribution in [0.2, 0.25) is 0 Å². The molecule has 3 rings (SSSR count). The summed E-state index contributed by atoms with van der Waals surface area (Å²) in [6.07, 6.45) is 4.09. The molecule has 0 bridgehead atoms. The Morgan fingerprint density at radius 2 is 2.32 bits per heavy atom. The van der Waals surface area contributed by atoms with Crippen molar-refractivity contribution in [3.63, 3.8) is 0 Å².